The zero-order chi connectivity index (χ0) is 15.6. The predicted molar refractivity (Wildman–Crippen MR) is 53.1 cm³/mol. The molecule has 0 aromatic carbocycles. The minimum absolute atomic E-state index is 0.291. The van der Waals surface area contributed by atoms with Crippen molar-refractivity contribution in [1.82, 2.24) is 4.98 Å². The number of hydrogen-bond donors (Lipinski definition) is 1. The molecule has 1 rings (SSSR count). The number of rotatable bonds is 3. The molecule has 0 amide bonds. The number of nitrogens with zero attached hydrogens (tertiary/aromatic N) is 2. The molecular formula is C10H7F6N3O. The van der Waals surface area contributed by atoms with Crippen LogP contribution < -0.4 is 10.5 Å². The van der Waals surface area contributed by atoms with Gasteiger partial charge in [0.2, 0.25) is 0 Å². The maximum atomic E-state index is 12.7. The van der Waals surface area contributed by atoms with Crippen LogP contribution in [0.4, 0.5) is 26.3 Å². The van der Waals surface area contributed by atoms with Gasteiger partial charge in [0.05, 0.1) is 18.7 Å². The normalized spacial score (nSPS) is 12.1. The summed E-state index contributed by atoms with van der Waals surface area (Å²) in [5, 5.41) is 8.50. The Bertz CT molecular complexity index is 532. The van der Waals surface area contributed by atoms with E-state index >= 15 is 0 Å². The molecule has 0 unspecified atom stereocenters. The standard InChI is InChI=1S/C10H7F6N3O/c11-9(12,13)8-5(1-2-17)6(3-18)7(4-19-8)20-10(14,15)16/h4H,1,3,18H2. The molecule has 0 saturated heterocycles. The summed E-state index contributed by atoms with van der Waals surface area (Å²) in [5.74, 6) is -0.946. The van der Waals surface area contributed by atoms with E-state index in [0.717, 1.165) is 0 Å². The molecule has 0 spiro atoms. The van der Waals surface area contributed by atoms with Crippen molar-refractivity contribution in [2.45, 2.75) is 25.5 Å². The van der Waals surface area contributed by atoms with E-state index in [-0.39, 0.29) is 0 Å². The molecule has 0 bridgehead atoms. The number of nitriles is 1. The molecule has 0 radical (unpaired) electrons. The molecule has 0 atom stereocenters. The summed E-state index contributed by atoms with van der Waals surface area (Å²) >= 11 is 0. The Kier molecular flexibility index (Phi) is 4.44. The Hall–Kier alpha value is -2.02. The summed E-state index contributed by atoms with van der Waals surface area (Å²) in [5.41, 5.74) is 2.44. The van der Waals surface area contributed by atoms with Crippen LogP contribution in [-0.2, 0) is 19.1 Å². The molecule has 20 heavy (non-hydrogen) atoms. The van der Waals surface area contributed by atoms with Crippen molar-refractivity contribution in [3.63, 3.8) is 0 Å². The lowest BCUT2D eigenvalue weighted by Crippen LogP contribution is -2.22. The van der Waals surface area contributed by atoms with Crippen molar-refractivity contribution in [2.75, 3.05) is 0 Å². The van der Waals surface area contributed by atoms with E-state index in [1.54, 1.807) is 0 Å². The fraction of sp³-hybridized carbons (Fsp3) is 0.400. The average molecular weight is 299 g/mol. The molecule has 110 valence electrons. The summed E-state index contributed by atoms with van der Waals surface area (Å²) < 4.78 is 78.0. The second-order valence-electron chi connectivity index (χ2n) is 3.51. The van der Waals surface area contributed by atoms with Crippen molar-refractivity contribution in [3.05, 3.63) is 23.0 Å². The molecule has 0 saturated carbocycles. The van der Waals surface area contributed by atoms with Crippen LogP contribution in [0.3, 0.4) is 0 Å². The Morgan fingerprint density at radius 2 is 1.80 bits per heavy atom. The molecule has 4 nitrogen and oxygen atoms in total. The van der Waals surface area contributed by atoms with Crippen LogP contribution in [0, 0.1) is 11.3 Å². The van der Waals surface area contributed by atoms with E-state index in [2.05, 4.69) is 9.72 Å². The first-order valence-corrected chi connectivity index (χ1v) is 5.01. The highest BCUT2D eigenvalue weighted by Gasteiger charge is 2.38. The van der Waals surface area contributed by atoms with Crippen molar-refractivity contribution < 1.29 is 31.1 Å². The lowest BCUT2D eigenvalue weighted by molar-refractivity contribution is -0.275. The number of nitrogens with two attached hydrogens (primary N) is 1. The van der Waals surface area contributed by atoms with E-state index in [9.17, 15) is 26.3 Å². The molecule has 1 aromatic heterocycles. The summed E-state index contributed by atoms with van der Waals surface area (Å²) in [6.45, 7) is -0.659. The topological polar surface area (TPSA) is 71.9 Å². The van der Waals surface area contributed by atoms with Crippen molar-refractivity contribution >= 4 is 0 Å². The molecule has 10 heteroatoms. The Morgan fingerprint density at radius 3 is 2.20 bits per heavy atom. The van der Waals surface area contributed by atoms with Gasteiger partial charge in [-0.1, -0.05) is 0 Å². The van der Waals surface area contributed by atoms with Crippen molar-refractivity contribution in [1.29, 1.82) is 5.26 Å². The van der Waals surface area contributed by atoms with Gasteiger partial charge in [-0.05, 0) is 0 Å². The first kappa shape index (κ1) is 16.0. The average Bonchev–Trinajstić information content (AvgIpc) is 2.26. The molecule has 1 heterocycles. The third kappa shape index (κ3) is 3.74. The molecule has 1 aromatic rings. The maximum absolute atomic E-state index is 12.7. The van der Waals surface area contributed by atoms with Crippen molar-refractivity contribution in [2.24, 2.45) is 5.73 Å². The lowest BCUT2D eigenvalue weighted by Gasteiger charge is -2.18. The van der Waals surface area contributed by atoms with Crippen LogP contribution in [0.5, 0.6) is 5.75 Å². The Morgan fingerprint density at radius 1 is 1.20 bits per heavy atom. The fourth-order valence-electron chi connectivity index (χ4n) is 1.52. The summed E-state index contributed by atoms with van der Waals surface area (Å²) in [6, 6.07) is 1.43. The quantitative estimate of drug-likeness (QED) is 0.870. The largest absolute Gasteiger partial charge is 0.573 e. The van der Waals surface area contributed by atoms with Crippen LogP contribution >= 0.6 is 0 Å². The smallest absolute Gasteiger partial charge is 0.404 e. The lowest BCUT2D eigenvalue weighted by atomic mass is 10.0. The molecular weight excluding hydrogens is 292 g/mol. The van der Waals surface area contributed by atoms with E-state index in [4.69, 9.17) is 11.0 Å². The van der Waals surface area contributed by atoms with Gasteiger partial charge in [0, 0.05) is 17.7 Å². The zero-order valence-electron chi connectivity index (χ0n) is 9.64. The number of ether oxygens (including phenoxy) is 1. The third-order valence-electron chi connectivity index (χ3n) is 2.21. The fourth-order valence-corrected chi connectivity index (χ4v) is 1.52. The maximum Gasteiger partial charge on any atom is 0.573 e. The van der Waals surface area contributed by atoms with Crippen LogP contribution in [0.1, 0.15) is 16.8 Å². The van der Waals surface area contributed by atoms with Crippen LogP contribution in [0.2, 0.25) is 0 Å². The number of pyridine rings is 1. The monoisotopic (exact) mass is 299 g/mol. The van der Waals surface area contributed by atoms with E-state index in [0.29, 0.717) is 6.20 Å². The van der Waals surface area contributed by atoms with Gasteiger partial charge in [-0.25, -0.2) is 4.98 Å². The highest BCUT2D eigenvalue weighted by Crippen LogP contribution is 2.36. The first-order chi connectivity index (χ1) is 9.10. The van der Waals surface area contributed by atoms with Crippen LogP contribution in [-0.4, -0.2) is 11.3 Å². The van der Waals surface area contributed by atoms with E-state index < -0.39 is 48.1 Å². The number of halogens is 6. The summed E-state index contributed by atoms with van der Waals surface area (Å²) in [7, 11) is 0. The summed E-state index contributed by atoms with van der Waals surface area (Å²) in [4.78, 5) is 2.90. The summed E-state index contributed by atoms with van der Waals surface area (Å²) in [6.07, 6.45) is -10.5. The minimum atomic E-state index is -5.10. The number of hydrogen-bond acceptors (Lipinski definition) is 4. The van der Waals surface area contributed by atoms with Gasteiger partial charge >= 0.3 is 12.5 Å². The highest BCUT2D eigenvalue weighted by atomic mass is 19.4. The van der Waals surface area contributed by atoms with Crippen molar-refractivity contribution in [3.8, 4) is 11.8 Å². The predicted octanol–water partition coefficient (Wildman–Crippen LogP) is 2.52. The van der Waals surface area contributed by atoms with Gasteiger partial charge < -0.3 is 10.5 Å². The second kappa shape index (κ2) is 5.54. The van der Waals surface area contributed by atoms with Gasteiger partial charge in [0.1, 0.15) is 5.69 Å². The Labute approximate surface area is 108 Å². The highest BCUT2D eigenvalue weighted by molar-refractivity contribution is 5.43. The van der Waals surface area contributed by atoms with Gasteiger partial charge in [0.25, 0.3) is 0 Å². The third-order valence-corrected chi connectivity index (χ3v) is 2.21. The minimum Gasteiger partial charge on any atom is -0.404 e. The van der Waals surface area contributed by atoms with E-state index in [1.165, 1.54) is 6.07 Å². The molecule has 2 N–H and O–H groups in total. The molecule has 0 fully saturated rings. The van der Waals surface area contributed by atoms with Gasteiger partial charge in [-0.3, -0.25) is 0 Å². The SMILES string of the molecule is N#CCc1c(C(F)(F)F)ncc(OC(F)(F)F)c1CN. The van der Waals surface area contributed by atoms with Crippen LogP contribution in [0.25, 0.3) is 0 Å². The first-order valence-electron chi connectivity index (χ1n) is 5.01. The zero-order valence-corrected chi connectivity index (χ0v) is 9.64. The Balaban J connectivity index is 3.46. The van der Waals surface area contributed by atoms with Gasteiger partial charge in [-0.15, -0.1) is 13.2 Å². The molecule has 0 aliphatic carbocycles. The molecule has 0 aliphatic rings. The number of alkyl halides is 6. The van der Waals surface area contributed by atoms with Gasteiger partial charge in [0.15, 0.2) is 5.75 Å². The van der Waals surface area contributed by atoms with Crippen LogP contribution in [0.15, 0.2) is 6.20 Å². The second-order valence-corrected chi connectivity index (χ2v) is 3.51. The van der Waals surface area contributed by atoms with Gasteiger partial charge in [-0.2, -0.15) is 18.4 Å². The molecule has 0 aliphatic heterocycles. The van der Waals surface area contributed by atoms with E-state index in [1.807, 2.05) is 0 Å². The number of aromatic nitrogens is 1.